The lowest BCUT2D eigenvalue weighted by Gasteiger charge is -2.35. The second-order valence-corrected chi connectivity index (χ2v) is 8.37. The molecule has 1 aromatic rings. The van der Waals surface area contributed by atoms with E-state index in [4.69, 9.17) is 5.73 Å². The van der Waals surface area contributed by atoms with E-state index < -0.39 is 10.0 Å². The second-order valence-electron chi connectivity index (χ2n) is 6.48. The lowest BCUT2D eigenvalue weighted by molar-refractivity contribution is 0.218. The Morgan fingerprint density at radius 2 is 2.00 bits per heavy atom. The zero-order chi connectivity index (χ0) is 15.8. The highest BCUT2D eigenvalue weighted by molar-refractivity contribution is 7.89. The van der Waals surface area contributed by atoms with Crippen molar-refractivity contribution >= 4 is 10.0 Å². The minimum absolute atomic E-state index is 0.0647. The number of nitrogens with zero attached hydrogens (tertiary/aromatic N) is 2. The van der Waals surface area contributed by atoms with Crippen molar-refractivity contribution in [3.8, 4) is 0 Å². The largest absolute Gasteiger partial charge is 0.346 e. The number of aromatic nitrogens is 1. The molecule has 2 heterocycles. The van der Waals surface area contributed by atoms with Gasteiger partial charge in [-0.05, 0) is 45.6 Å². The smallest absolute Gasteiger partial charge is 0.244 e. The van der Waals surface area contributed by atoms with Gasteiger partial charge >= 0.3 is 0 Å². The summed E-state index contributed by atoms with van der Waals surface area (Å²) < 4.78 is 29.4. The van der Waals surface area contributed by atoms with Gasteiger partial charge < -0.3 is 10.3 Å². The molecule has 2 unspecified atom stereocenters. The SMILES string of the molecule is CC1CCC(C)N(S(=O)(=O)c2cc(CN)n(C(C)C)c2)C1. The highest BCUT2D eigenvalue weighted by Crippen LogP contribution is 2.29. The summed E-state index contributed by atoms with van der Waals surface area (Å²) in [5.74, 6) is 0.414. The van der Waals surface area contributed by atoms with Crippen LogP contribution in [0.5, 0.6) is 0 Å². The maximum absolute atomic E-state index is 12.9. The van der Waals surface area contributed by atoms with Crippen LogP contribution in [0.2, 0.25) is 0 Å². The average molecular weight is 313 g/mol. The van der Waals surface area contributed by atoms with E-state index in [1.165, 1.54) is 0 Å². The minimum Gasteiger partial charge on any atom is -0.346 e. The molecule has 1 aliphatic heterocycles. The molecule has 0 amide bonds. The molecule has 1 aliphatic rings. The Morgan fingerprint density at radius 1 is 1.33 bits per heavy atom. The van der Waals surface area contributed by atoms with E-state index in [-0.39, 0.29) is 12.1 Å². The third kappa shape index (κ3) is 3.17. The first kappa shape index (κ1) is 16.5. The Hall–Kier alpha value is -0.850. The number of nitrogens with two attached hydrogens (primary N) is 1. The van der Waals surface area contributed by atoms with Crippen LogP contribution in [-0.4, -0.2) is 29.9 Å². The number of piperidine rings is 1. The van der Waals surface area contributed by atoms with Crippen molar-refractivity contribution in [3.63, 3.8) is 0 Å². The van der Waals surface area contributed by atoms with Crippen LogP contribution < -0.4 is 5.73 Å². The number of hydrogen-bond donors (Lipinski definition) is 1. The van der Waals surface area contributed by atoms with E-state index in [9.17, 15) is 8.42 Å². The molecule has 6 heteroatoms. The maximum atomic E-state index is 12.9. The lowest BCUT2D eigenvalue weighted by atomic mass is 9.97. The number of sulfonamides is 1. The van der Waals surface area contributed by atoms with E-state index in [0.717, 1.165) is 18.5 Å². The van der Waals surface area contributed by atoms with Crippen molar-refractivity contribution in [2.45, 2.75) is 64.1 Å². The summed E-state index contributed by atoms with van der Waals surface area (Å²) in [5, 5.41) is 0. The Labute approximate surface area is 128 Å². The summed E-state index contributed by atoms with van der Waals surface area (Å²) in [6.07, 6.45) is 3.75. The molecule has 5 nitrogen and oxygen atoms in total. The molecule has 21 heavy (non-hydrogen) atoms. The topological polar surface area (TPSA) is 68.3 Å². The Bertz CT molecular complexity index is 592. The molecule has 0 saturated carbocycles. The molecule has 1 saturated heterocycles. The van der Waals surface area contributed by atoms with Gasteiger partial charge in [-0.15, -0.1) is 0 Å². The molecule has 2 rings (SSSR count). The molecule has 0 aliphatic carbocycles. The van der Waals surface area contributed by atoms with Gasteiger partial charge in [0.2, 0.25) is 10.0 Å². The highest BCUT2D eigenvalue weighted by Gasteiger charge is 2.34. The predicted octanol–water partition coefficient (Wildman–Crippen LogP) is 2.34. The first-order valence-electron chi connectivity index (χ1n) is 7.70. The van der Waals surface area contributed by atoms with Gasteiger partial charge in [0.1, 0.15) is 4.90 Å². The summed E-state index contributed by atoms with van der Waals surface area (Å²) in [4.78, 5) is 0.373. The molecule has 0 bridgehead atoms. The fourth-order valence-electron chi connectivity index (χ4n) is 3.00. The van der Waals surface area contributed by atoms with Crippen molar-refractivity contribution < 1.29 is 8.42 Å². The van der Waals surface area contributed by atoms with Gasteiger partial charge in [0, 0.05) is 37.1 Å². The van der Waals surface area contributed by atoms with Crippen LogP contribution in [0.1, 0.15) is 52.3 Å². The Morgan fingerprint density at radius 3 is 2.52 bits per heavy atom. The summed E-state index contributed by atoms with van der Waals surface area (Å²) in [5.41, 5.74) is 6.61. The fraction of sp³-hybridized carbons (Fsp3) is 0.733. The zero-order valence-corrected chi connectivity index (χ0v) is 14.2. The normalized spacial score (nSPS) is 24.7. The highest BCUT2D eigenvalue weighted by atomic mass is 32.2. The second kappa shape index (κ2) is 6.10. The number of rotatable bonds is 4. The van der Waals surface area contributed by atoms with Crippen LogP contribution in [-0.2, 0) is 16.6 Å². The van der Waals surface area contributed by atoms with Crippen LogP contribution >= 0.6 is 0 Å². The van der Waals surface area contributed by atoms with Crippen molar-refractivity contribution in [1.29, 1.82) is 0 Å². The minimum atomic E-state index is -3.43. The van der Waals surface area contributed by atoms with Crippen molar-refractivity contribution in [2.24, 2.45) is 11.7 Å². The third-order valence-electron chi connectivity index (χ3n) is 4.34. The third-order valence-corrected chi connectivity index (χ3v) is 6.28. The summed E-state index contributed by atoms with van der Waals surface area (Å²) in [6, 6.07) is 1.99. The van der Waals surface area contributed by atoms with Crippen molar-refractivity contribution in [1.82, 2.24) is 8.87 Å². The van der Waals surface area contributed by atoms with Crippen LogP contribution in [0.25, 0.3) is 0 Å². The van der Waals surface area contributed by atoms with Crippen LogP contribution in [0.15, 0.2) is 17.2 Å². The van der Waals surface area contributed by atoms with Gasteiger partial charge in [0.05, 0.1) is 0 Å². The molecule has 0 aromatic carbocycles. The first-order chi connectivity index (χ1) is 9.77. The van der Waals surface area contributed by atoms with E-state index in [1.807, 2.05) is 25.3 Å². The molecule has 0 radical (unpaired) electrons. The standard InChI is InChI=1S/C15H27N3O2S/c1-11(2)17-10-15(7-14(17)8-16)21(19,20)18-9-12(3)5-6-13(18)4/h7,10-13H,5-6,8-9,16H2,1-4H3. The molecule has 2 N–H and O–H groups in total. The molecular weight excluding hydrogens is 286 g/mol. The van der Waals surface area contributed by atoms with Gasteiger partial charge in [-0.25, -0.2) is 8.42 Å². The van der Waals surface area contributed by atoms with Gasteiger partial charge in [-0.2, -0.15) is 4.31 Å². The fourth-order valence-corrected chi connectivity index (χ4v) is 4.83. The Balaban J connectivity index is 2.39. The van der Waals surface area contributed by atoms with Gasteiger partial charge in [0.25, 0.3) is 0 Å². The predicted molar refractivity (Wildman–Crippen MR) is 84.5 cm³/mol. The summed E-state index contributed by atoms with van der Waals surface area (Å²) in [6.45, 7) is 9.11. The quantitative estimate of drug-likeness (QED) is 0.927. The monoisotopic (exact) mass is 313 g/mol. The van der Waals surface area contributed by atoms with E-state index in [1.54, 1.807) is 16.6 Å². The molecule has 120 valence electrons. The first-order valence-corrected chi connectivity index (χ1v) is 9.14. The van der Waals surface area contributed by atoms with E-state index in [2.05, 4.69) is 6.92 Å². The maximum Gasteiger partial charge on any atom is 0.244 e. The van der Waals surface area contributed by atoms with E-state index in [0.29, 0.717) is 23.9 Å². The van der Waals surface area contributed by atoms with Gasteiger partial charge in [-0.1, -0.05) is 6.92 Å². The summed E-state index contributed by atoms with van der Waals surface area (Å²) in [7, 11) is -3.43. The number of hydrogen-bond acceptors (Lipinski definition) is 3. The molecular formula is C15H27N3O2S. The summed E-state index contributed by atoms with van der Waals surface area (Å²) >= 11 is 0. The molecule has 0 spiro atoms. The van der Waals surface area contributed by atoms with Gasteiger partial charge in [0.15, 0.2) is 0 Å². The van der Waals surface area contributed by atoms with E-state index >= 15 is 0 Å². The zero-order valence-electron chi connectivity index (χ0n) is 13.4. The average Bonchev–Trinajstić information content (AvgIpc) is 2.86. The van der Waals surface area contributed by atoms with Crippen LogP contribution in [0.4, 0.5) is 0 Å². The molecule has 1 fully saturated rings. The van der Waals surface area contributed by atoms with Crippen LogP contribution in [0, 0.1) is 5.92 Å². The Kier molecular flexibility index (Phi) is 4.80. The van der Waals surface area contributed by atoms with Crippen LogP contribution in [0.3, 0.4) is 0 Å². The lowest BCUT2D eigenvalue weighted by Crippen LogP contribution is -2.44. The molecule has 2 atom stereocenters. The van der Waals surface area contributed by atoms with Crippen molar-refractivity contribution in [2.75, 3.05) is 6.54 Å². The van der Waals surface area contributed by atoms with Gasteiger partial charge in [-0.3, -0.25) is 0 Å². The molecule has 1 aromatic heterocycles. The van der Waals surface area contributed by atoms with Crippen molar-refractivity contribution in [3.05, 3.63) is 18.0 Å².